The third kappa shape index (κ3) is 2.74. The highest BCUT2D eigenvalue weighted by Crippen LogP contribution is 2.47. The van der Waals surface area contributed by atoms with Crippen molar-refractivity contribution < 1.29 is 0 Å². The fraction of sp³-hybridized carbons (Fsp3) is 0.875. The van der Waals surface area contributed by atoms with Gasteiger partial charge in [-0.3, -0.25) is 13.6 Å². The van der Waals surface area contributed by atoms with Crippen LogP contribution in [0, 0.1) is 0 Å². The number of nitrogens with zero attached hydrogens (tertiary/aromatic N) is 3. The van der Waals surface area contributed by atoms with Crippen molar-refractivity contribution >= 4 is 26.3 Å². The molecule has 13 heavy (non-hydrogen) atoms. The van der Waals surface area contributed by atoms with Crippen molar-refractivity contribution in [3.8, 4) is 0 Å². The van der Waals surface area contributed by atoms with Gasteiger partial charge in [0, 0.05) is 33.4 Å². The summed E-state index contributed by atoms with van der Waals surface area (Å²) in [4.78, 5) is 0. The summed E-state index contributed by atoms with van der Waals surface area (Å²) >= 11 is 4.33. The standard InChI is InChI=1S/C8H20N3PS/c1-9(2)12(3,4)10-5-7-11(13)8-6-10/h13H,3,5-8H2,1-2,4H3. The highest BCUT2D eigenvalue weighted by atomic mass is 32.1. The lowest BCUT2D eigenvalue weighted by molar-refractivity contribution is 0.294. The molecule has 0 N–H and O–H groups in total. The molecule has 1 heterocycles. The molecule has 0 aromatic carbocycles. The first kappa shape index (κ1) is 11.6. The molecule has 1 saturated heterocycles. The number of rotatable bonds is 2. The summed E-state index contributed by atoms with van der Waals surface area (Å²) in [5, 5.41) is 0. The second-order valence-corrected chi connectivity index (χ2v) is 7.95. The number of hydrogen-bond acceptors (Lipinski definition) is 4. The topological polar surface area (TPSA) is 9.72 Å². The Labute approximate surface area is 87.3 Å². The Bertz CT molecular complexity index is 211. The first-order valence-corrected chi connectivity index (χ1v) is 7.25. The van der Waals surface area contributed by atoms with E-state index in [4.69, 9.17) is 0 Å². The SMILES string of the molecule is C=P(C)(N(C)C)N1CCN(S)CC1. The minimum atomic E-state index is -1.26. The van der Waals surface area contributed by atoms with Crippen LogP contribution in [0.15, 0.2) is 0 Å². The fourth-order valence-corrected chi connectivity index (χ4v) is 3.09. The van der Waals surface area contributed by atoms with Crippen molar-refractivity contribution in [1.29, 1.82) is 0 Å². The Morgan fingerprint density at radius 1 is 1.23 bits per heavy atom. The van der Waals surface area contributed by atoms with Gasteiger partial charge in [-0.1, -0.05) is 19.1 Å². The molecule has 3 nitrogen and oxygen atoms in total. The zero-order valence-corrected chi connectivity index (χ0v) is 10.6. The van der Waals surface area contributed by atoms with Gasteiger partial charge in [0.25, 0.3) is 0 Å². The molecule has 0 saturated carbocycles. The van der Waals surface area contributed by atoms with E-state index in [0.29, 0.717) is 0 Å². The number of piperazine rings is 1. The van der Waals surface area contributed by atoms with Gasteiger partial charge in [0.1, 0.15) is 0 Å². The molecule has 5 heteroatoms. The molecule has 78 valence electrons. The van der Waals surface area contributed by atoms with Crippen molar-refractivity contribution in [2.75, 3.05) is 46.9 Å². The van der Waals surface area contributed by atoms with E-state index in [2.05, 4.69) is 53.5 Å². The Hall–Kier alpha value is 0.530. The normalized spacial score (nSPS) is 26.2. The number of hydrogen-bond donors (Lipinski definition) is 1. The quantitative estimate of drug-likeness (QED) is 0.549. The summed E-state index contributed by atoms with van der Waals surface area (Å²) in [5.41, 5.74) is 0. The van der Waals surface area contributed by atoms with E-state index in [-0.39, 0.29) is 0 Å². The summed E-state index contributed by atoms with van der Waals surface area (Å²) in [7, 11) is 2.98. The van der Waals surface area contributed by atoms with Gasteiger partial charge in [-0.2, -0.15) is 0 Å². The van der Waals surface area contributed by atoms with Crippen LogP contribution in [-0.2, 0) is 0 Å². The predicted molar refractivity (Wildman–Crippen MR) is 65.8 cm³/mol. The summed E-state index contributed by atoms with van der Waals surface area (Å²) in [6.07, 6.45) is 4.34. The van der Waals surface area contributed by atoms with Gasteiger partial charge in [0.2, 0.25) is 0 Å². The monoisotopic (exact) mass is 221 g/mol. The van der Waals surface area contributed by atoms with Crippen LogP contribution >= 0.6 is 20.0 Å². The van der Waals surface area contributed by atoms with Crippen LogP contribution in [0.2, 0.25) is 0 Å². The van der Waals surface area contributed by atoms with Gasteiger partial charge in [-0.25, -0.2) is 0 Å². The molecule has 0 aromatic heterocycles. The van der Waals surface area contributed by atoms with Crippen LogP contribution in [0.3, 0.4) is 0 Å². The largest absolute Gasteiger partial charge is 0.279 e. The molecule has 0 aliphatic carbocycles. The zero-order chi connectivity index (χ0) is 10.1. The van der Waals surface area contributed by atoms with Gasteiger partial charge >= 0.3 is 0 Å². The molecular weight excluding hydrogens is 201 g/mol. The van der Waals surface area contributed by atoms with Crippen molar-refractivity contribution in [1.82, 2.24) is 13.6 Å². The molecule has 0 bridgehead atoms. The molecular formula is C8H20N3PS. The van der Waals surface area contributed by atoms with Crippen LogP contribution < -0.4 is 0 Å². The third-order valence-electron chi connectivity index (χ3n) is 2.70. The molecule has 0 amide bonds. The van der Waals surface area contributed by atoms with Crippen molar-refractivity contribution in [3.63, 3.8) is 0 Å². The minimum absolute atomic E-state index is 1.04. The highest BCUT2D eigenvalue weighted by Gasteiger charge is 2.23. The van der Waals surface area contributed by atoms with Crippen molar-refractivity contribution in [2.45, 2.75) is 0 Å². The average Bonchev–Trinajstić information content (AvgIpc) is 2.04. The van der Waals surface area contributed by atoms with Gasteiger partial charge in [0.05, 0.1) is 0 Å². The van der Waals surface area contributed by atoms with Crippen LogP contribution in [0.25, 0.3) is 0 Å². The lowest BCUT2D eigenvalue weighted by atomic mass is 10.4. The average molecular weight is 221 g/mol. The first-order chi connectivity index (χ1) is 5.94. The lowest BCUT2D eigenvalue weighted by Crippen LogP contribution is -2.42. The Balaban J connectivity index is 2.58. The molecule has 1 atom stereocenters. The molecule has 1 aliphatic heterocycles. The fourth-order valence-electron chi connectivity index (χ4n) is 1.37. The Morgan fingerprint density at radius 2 is 1.69 bits per heavy atom. The highest BCUT2D eigenvalue weighted by molar-refractivity contribution is 7.77. The van der Waals surface area contributed by atoms with Gasteiger partial charge in [-0.15, -0.1) is 0 Å². The zero-order valence-electron chi connectivity index (χ0n) is 8.77. The first-order valence-electron chi connectivity index (χ1n) is 4.52. The van der Waals surface area contributed by atoms with Crippen LogP contribution in [0.4, 0.5) is 0 Å². The van der Waals surface area contributed by atoms with Crippen LogP contribution in [-0.4, -0.2) is 66.9 Å². The van der Waals surface area contributed by atoms with Gasteiger partial charge in [-0.05, 0) is 20.8 Å². The predicted octanol–water partition coefficient (Wildman–Crippen LogP) is 0.920. The molecule has 0 radical (unpaired) electrons. The van der Waals surface area contributed by atoms with Crippen LogP contribution in [0.1, 0.15) is 0 Å². The Morgan fingerprint density at radius 3 is 2.08 bits per heavy atom. The second kappa shape index (κ2) is 4.37. The summed E-state index contributed by atoms with van der Waals surface area (Å²) < 4.78 is 6.84. The van der Waals surface area contributed by atoms with E-state index < -0.39 is 7.19 Å². The van der Waals surface area contributed by atoms with Gasteiger partial charge in [0.15, 0.2) is 0 Å². The summed E-state index contributed by atoms with van der Waals surface area (Å²) in [6.45, 7) is 6.54. The van der Waals surface area contributed by atoms with Gasteiger partial charge < -0.3 is 0 Å². The van der Waals surface area contributed by atoms with Crippen LogP contribution in [0.5, 0.6) is 0 Å². The van der Waals surface area contributed by atoms with E-state index >= 15 is 0 Å². The summed E-state index contributed by atoms with van der Waals surface area (Å²) in [5.74, 6) is 0. The lowest BCUT2D eigenvalue weighted by Gasteiger charge is -2.42. The van der Waals surface area contributed by atoms with E-state index in [1.165, 1.54) is 0 Å². The Kier molecular flexibility index (Phi) is 3.90. The maximum atomic E-state index is 4.34. The van der Waals surface area contributed by atoms with E-state index in [1.807, 2.05) is 0 Å². The van der Waals surface area contributed by atoms with Crippen molar-refractivity contribution in [2.24, 2.45) is 0 Å². The molecule has 1 aliphatic rings. The molecule has 0 spiro atoms. The molecule has 1 rings (SSSR count). The van der Waals surface area contributed by atoms with E-state index in [1.54, 1.807) is 0 Å². The van der Waals surface area contributed by atoms with E-state index in [0.717, 1.165) is 26.2 Å². The molecule has 0 aromatic rings. The smallest absolute Gasteiger partial charge is 0.0219 e. The van der Waals surface area contributed by atoms with Crippen molar-refractivity contribution in [3.05, 3.63) is 0 Å². The maximum Gasteiger partial charge on any atom is 0.0219 e. The second-order valence-electron chi connectivity index (χ2n) is 3.84. The molecule has 1 fully saturated rings. The molecule has 1 unspecified atom stereocenters. The maximum absolute atomic E-state index is 4.34. The minimum Gasteiger partial charge on any atom is -0.279 e. The number of thiol groups is 1. The van der Waals surface area contributed by atoms with E-state index in [9.17, 15) is 0 Å². The summed E-state index contributed by atoms with van der Waals surface area (Å²) in [6, 6.07) is 0. The third-order valence-corrected chi connectivity index (χ3v) is 6.45.